The number of rotatable bonds is 2. The highest BCUT2D eigenvalue weighted by atomic mass is 35.5. The Hall–Kier alpha value is -2.10. The molecule has 0 saturated carbocycles. The largest absolute Gasteiger partial charge is 0.387 e. The van der Waals surface area contributed by atoms with Crippen LogP contribution in [0.15, 0.2) is 30.7 Å². The zero-order valence-electron chi connectivity index (χ0n) is 15.5. The van der Waals surface area contributed by atoms with E-state index in [-0.39, 0.29) is 5.39 Å². The number of hydrogen-bond donors (Lipinski definition) is 2. The monoisotopic (exact) mass is 419 g/mol. The quantitative estimate of drug-likeness (QED) is 0.663. The van der Waals surface area contributed by atoms with E-state index in [0.717, 1.165) is 11.1 Å². The molecule has 3 aromatic rings. The van der Waals surface area contributed by atoms with Gasteiger partial charge in [-0.25, -0.2) is 14.4 Å². The van der Waals surface area contributed by atoms with Gasteiger partial charge in [0.15, 0.2) is 12.0 Å². The Morgan fingerprint density at radius 2 is 2.07 bits per heavy atom. The summed E-state index contributed by atoms with van der Waals surface area (Å²) in [6, 6.07) is 5.47. The summed E-state index contributed by atoms with van der Waals surface area (Å²) in [5, 5.41) is 22.3. The molecule has 1 saturated heterocycles. The average molecular weight is 420 g/mol. The van der Waals surface area contributed by atoms with Crippen molar-refractivity contribution in [3.05, 3.63) is 58.4 Å². The van der Waals surface area contributed by atoms with Crippen molar-refractivity contribution in [1.82, 2.24) is 14.5 Å². The van der Waals surface area contributed by atoms with Crippen LogP contribution in [-0.4, -0.2) is 49.7 Å². The molecule has 1 aromatic carbocycles. The van der Waals surface area contributed by atoms with Crippen LogP contribution < -0.4 is 0 Å². The molecule has 0 amide bonds. The van der Waals surface area contributed by atoms with Crippen molar-refractivity contribution in [3.63, 3.8) is 0 Å². The molecule has 0 bridgehead atoms. The van der Waals surface area contributed by atoms with Crippen molar-refractivity contribution in [2.75, 3.05) is 6.61 Å². The summed E-state index contributed by atoms with van der Waals surface area (Å²) in [6.45, 7) is 2.12. The molecule has 2 N–H and O–H groups in total. The Bertz CT molecular complexity index is 1090. The Morgan fingerprint density at radius 1 is 1.24 bits per heavy atom. The number of nitrogens with zero attached hydrogens (tertiary/aromatic N) is 3. The van der Waals surface area contributed by atoms with Gasteiger partial charge in [0.2, 0.25) is 0 Å². The second-order valence-corrected chi connectivity index (χ2v) is 7.84. The van der Waals surface area contributed by atoms with E-state index in [9.17, 15) is 14.6 Å². The molecule has 2 aliphatic rings. The summed E-state index contributed by atoms with van der Waals surface area (Å²) in [5.41, 5.74) is 2.66. The first-order valence-corrected chi connectivity index (χ1v) is 9.72. The number of aromatic nitrogens is 3. The summed E-state index contributed by atoms with van der Waals surface area (Å²) >= 11 is 6.10. The van der Waals surface area contributed by atoms with Gasteiger partial charge in [-0.3, -0.25) is 0 Å². The maximum atomic E-state index is 14.5. The molecule has 4 unspecified atom stereocenters. The van der Waals surface area contributed by atoms with Crippen LogP contribution >= 0.6 is 11.6 Å². The minimum atomic E-state index is -1.29. The Balaban J connectivity index is 1.52. The fourth-order valence-corrected chi connectivity index (χ4v) is 4.46. The Morgan fingerprint density at radius 3 is 2.90 bits per heavy atom. The van der Waals surface area contributed by atoms with Gasteiger partial charge in [0.25, 0.3) is 0 Å². The molecule has 1 fully saturated rings. The standard InChI is InChI=1S/C20H19ClFN3O4/c1-9-14-13(22)7-25(19(14)24-8-23-9)20-16(27)15(26)18(29-20)17-12-3-2-11(21)6-10(12)4-5-28-17/h2-3,6-8,15-18,20,26-27H,4-5H2,1H3/t15?,16?,17-,18?,20?/m1/s1. The van der Waals surface area contributed by atoms with Crippen molar-refractivity contribution in [2.45, 2.75) is 44.0 Å². The number of hydrogen-bond acceptors (Lipinski definition) is 6. The van der Waals surface area contributed by atoms with E-state index in [1.54, 1.807) is 13.0 Å². The highest BCUT2D eigenvalue weighted by molar-refractivity contribution is 6.30. The second-order valence-electron chi connectivity index (χ2n) is 7.40. The van der Waals surface area contributed by atoms with E-state index in [0.29, 0.717) is 29.4 Å². The average Bonchev–Trinajstić information content (AvgIpc) is 3.19. The minimum Gasteiger partial charge on any atom is -0.387 e. The van der Waals surface area contributed by atoms with Crippen LogP contribution in [0.2, 0.25) is 5.02 Å². The summed E-state index contributed by atoms with van der Waals surface area (Å²) in [6.07, 6.45) is -1.70. The molecule has 0 radical (unpaired) electrons. The molecule has 9 heteroatoms. The van der Waals surface area contributed by atoms with Gasteiger partial charge in [-0.15, -0.1) is 0 Å². The van der Waals surface area contributed by atoms with E-state index >= 15 is 0 Å². The first-order valence-electron chi connectivity index (χ1n) is 9.35. The number of ether oxygens (including phenoxy) is 2. The fourth-order valence-electron chi connectivity index (χ4n) is 4.27. The summed E-state index contributed by atoms with van der Waals surface area (Å²) in [4.78, 5) is 8.16. The molecule has 4 heterocycles. The highest BCUT2D eigenvalue weighted by Crippen LogP contribution is 2.42. The molecule has 152 valence electrons. The molecule has 2 aromatic heterocycles. The van der Waals surface area contributed by atoms with Gasteiger partial charge in [0, 0.05) is 11.2 Å². The van der Waals surface area contributed by atoms with Gasteiger partial charge < -0.3 is 24.3 Å². The number of fused-ring (bicyclic) bond motifs is 2. The summed E-state index contributed by atoms with van der Waals surface area (Å²) in [7, 11) is 0. The maximum absolute atomic E-state index is 14.5. The molecule has 29 heavy (non-hydrogen) atoms. The molecule has 0 spiro atoms. The lowest BCUT2D eigenvalue weighted by molar-refractivity contribution is -0.113. The van der Waals surface area contributed by atoms with Crippen molar-refractivity contribution in [1.29, 1.82) is 0 Å². The lowest BCUT2D eigenvalue weighted by Crippen LogP contribution is -2.37. The molecule has 2 aliphatic heterocycles. The lowest BCUT2D eigenvalue weighted by Gasteiger charge is -2.31. The Kier molecular flexibility index (Phi) is 4.56. The number of benzene rings is 1. The third kappa shape index (κ3) is 2.94. The van der Waals surface area contributed by atoms with Gasteiger partial charge in [0.1, 0.15) is 36.4 Å². The van der Waals surface area contributed by atoms with E-state index in [1.807, 2.05) is 12.1 Å². The molecule has 0 aliphatic carbocycles. The summed E-state index contributed by atoms with van der Waals surface area (Å²) < 4.78 is 27.8. The molecular weight excluding hydrogens is 401 g/mol. The van der Waals surface area contributed by atoms with Gasteiger partial charge in [-0.2, -0.15) is 0 Å². The van der Waals surface area contributed by atoms with Gasteiger partial charge >= 0.3 is 0 Å². The van der Waals surface area contributed by atoms with Gasteiger partial charge in [-0.05, 0) is 36.6 Å². The lowest BCUT2D eigenvalue weighted by atomic mass is 9.92. The van der Waals surface area contributed by atoms with Crippen molar-refractivity contribution in [3.8, 4) is 0 Å². The predicted molar refractivity (Wildman–Crippen MR) is 102 cm³/mol. The third-order valence-electron chi connectivity index (χ3n) is 5.68. The predicted octanol–water partition coefficient (Wildman–Crippen LogP) is 2.47. The third-order valence-corrected chi connectivity index (χ3v) is 5.92. The zero-order valence-corrected chi connectivity index (χ0v) is 16.3. The van der Waals surface area contributed by atoms with Crippen molar-refractivity contribution in [2.24, 2.45) is 0 Å². The highest BCUT2D eigenvalue weighted by Gasteiger charge is 2.49. The van der Waals surface area contributed by atoms with E-state index in [2.05, 4.69) is 9.97 Å². The normalized spacial score (nSPS) is 29.3. The Labute approximate surface area is 170 Å². The van der Waals surface area contributed by atoms with Crippen LogP contribution in [0.5, 0.6) is 0 Å². The van der Waals surface area contributed by atoms with Crippen molar-refractivity contribution < 1.29 is 24.1 Å². The molecule has 5 atom stereocenters. The SMILES string of the molecule is Cc1ncnc2c1c(F)cn2C1OC([C@@H]2OCCc3cc(Cl)ccc32)C(O)C1O. The number of halogens is 2. The van der Waals surface area contributed by atoms with Gasteiger partial charge in [0.05, 0.1) is 17.7 Å². The van der Waals surface area contributed by atoms with Crippen molar-refractivity contribution >= 4 is 22.6 Å². The molecule has 5 rings (SSSR count). The molecule has 7 nitrogen and oxygen atoms in total. The number of aryl methyl sites for hydroxylation is 1. The fraction of sp³-hybridized carbons (Fsp3) is 0.400. The van der Waals surface area contributed by atoms with E-state index < -0.39 is 36.5 Å². The van der Waals surface area contributed by atoms with Crippen LogP contribution in [0.3, 0.4) is 0 Å². The maximum Gasteiger partial charge on any atom is 0.164 e. The van der Waals surface area contributed by atoms with Crippen LogP contribution in [0.25, 0.3) is 11.0 Å². The van der Waals surface area contributed by atoms with Crippen LogP contribution in [0.4, 0.5) is 4.39 Å². The first kappa shape index (κ1) is 18.9. The van der Waals surface area contributed by atoms with Gasteiger partial charge in [-0.1, -0.05) is 17.7 Å². The first-order chi connectivity index (χ1) is 14.0. The smallest absolute Gasteiger partial charge is 0.164 e. The topological polar surface area (TPSA) is 89.6 Å². The van der Waals surface area contributed by atoms with Crippen LogP contribution in [0.1, 0.15) is 29.2 Å². The summed E-state index contributed by atoms with van der Waals surface area (Å²) in [5.74, 6) is -0.513. The second kappa shape index (κ2) is 7.00. The van der Waals surface area contributed by atoms with Crippen LogP contribution in [-0.2, 0) is 15.9 Å². The van der Waals surface area contributed by atoms with Crippen LogP contribution in [0, 0.1) is 12.7 Å². The minimum absolute atomic E-state index is 0.259. The molecular formula is C20H19ClFN3O4. The number of aliphatic hydroxyl groups is 2. The van der Waals surface area contributed by atoms with E-state index in [4.69, 9.17) is 21.1 Å². The zero-order chi connectivity index (χ0) is 20.3. The number of aliphatic hydroxyl groups excluding tert-OH is 2. The van der Waals surface area contributed by atoms with E-state index in [1.165, 1.54) is 17.1 Å².